The molecule has 0 amide bonds. The molecule has 0 N–H and O–H groups in total. The number of carbonyl (C=O) groups is 1. The van der Waals surface area contributed by atoms with Gasteiger partial charge in [-0.1, -0.05) is 36.2 Å². The molecule has 0 spiro atoms. The Bertz CT molecular complexity index is 642. The first kappa shape index (κ1) is 16.4. The minimum Gasteiger partial charge on any atom is -0.458 e. The molecule has 0 heterocycles. The molecule has 2 aromatic carbocycles. The van der Waals surface area contributed by atoms with Gasteiger partial charge in [0.05, 0.1) is 5.56 Å². The van der Waals surface area contributed by atoms with Crippen LogP contribution in [-0.4, -0.2) is 17.3 Å². The van der Waals surface area contributed by atoms with Gasteiger partial charge in [0.25, 0.3) is 0 Å². The van der Waals surface area contributed by atoms with E-state index in [1.54, 1.807) is 23.9 Å². The first-order valence-electron chi connectivity index (χ1n) is 7.90. The summed E-state index contributed by atoms with van der Waals surface area (Å²) in [5, 5.41) is 1.04. The van der Waals surface area contributed by atoms with E-state index in [1.165, 1.54) is 11.3 Å². The molecule has 0 aromatic heterocycles. The summed E-state index contributed by atoms with van der Waals surface area (Å²) in [6.45, 7) is 0. The molecule has 2 aromatic rings. The van der Waals surface area contributed by atoms with Gasteiger partial charge in [-0.2, -0.15) is 0 Å². The Kier molecular flexibility index (Phi) is 5.63. The SMILES string of the molecule is O=C(O[C@@H]1CCCC[C@H]1Sc1ccc(Cl)cc1)c1ccccc1. The number of rotatable bonds is 4. The van der Waals surface area contributed by atoms with Gasteiger partial charge >= 0.3 is 5.97 Å². The summed E-state index contributed by atoms with van der Waals surface area (Å²) in [6, 6.07) is 17.1. The van der Waals surface area contributed by atoms with Crippen molar-refractivity contribution in [2.24, 2.45) is 0 Å². The van der Waals surface area contributed by atoms with Gasteiger partial charge in [0, 0.05) is 15.2 Å². The highest BCUT2D eigenvalue weighted by Gasteiger charge is 2.29. The lowest BCUT2D eigenvalue weighted by Gasteiger charge is -2.30. The molecule has 0 aliphatic heterocycles. The van der Waals surface area contributed by atoms with E-state index in [9.17, 15) is 4.79 Å². The van der Waals surface area contributed by atoms with Crippen LogP contribution < -0.4 is 0 Å². The van der Waals surface area contributed by atoms with Crippen LogP contribution in [0.25, 0.3) is 0 Å². The molecular formula is C19H19ClO2S. The largest absolute Gasteiger partial charge is 0.458 e. The van der Waals surface area contributed by atoms with Crippen LogP contribution >= 0.6 is 23.4 Å². The van der Waals surface area contributed by atoms with Crippen molar-refractivity contribution in [1.82, 2.24) is 0 Å². The maximum atomic E-state index is 12.3. The predicted molar refractivity (Wildman–Crippen MR) is 95.2 cm³/mol. The van der Waals surface area contributed by atoms with E-state index in [0.29, 0.717) is 10.8 Å². The maximum absolute atomic E-state index is 12.3. The second-order valence-electron chi connectivity index (χ2n) is 5.70. The van der Waals surface area contributed by atoms with Gasteiger partial charge in [0.2, 0.25) is 0 Å². The Hall–Kier alpha value is -1.45. The Balaban J connectivity index is 1.66. The number of thioether (sulfide) groups is 1. The molecule has 0 unspecified atom stereocenters. The minimum absolute atomic E-state index is 0.0304. The summed E-state index contributed by atoms with van der Waals surface area (Å²) in [4.78, 5) is 13.5. The average molecular weight is 347 g/mol. The molecular weight excluding hydrogens is 328 g/mol. The fraction of sp³-hybridized carbons (Fsp3) is 0.316. The predicted octanol–water partition coefficient (Wildman–Crippen LogP) is 5.60. The number of hydrogen-bond donors (Lipinski definition) is 0. The second-order valence-corrected chi connectivity index (χ2v) is 7.45. The van der Waals surface area contributed by atoms with Gasteiger partial charge in [-0.25, -0.2) is 4.79 Å². The van der Waals surface area contributed by atoms with Crippen molar-refractivity contribution in [3.05, 3.63) is 65.2 Å². The second kappa shape index (κ2) is 7.89. The van der Waals surface area contributed by atoms with Crippen molar-refractivity contribution in [1.29, 1.82) is 0 Å². The highest BCUT2D eigenvalue weighted by Crippen LogP contribution is 2.36. The van der Waals surface area contributed by atoms with Gasteiger partial charge < -0.3 is 4.74 Å². The number of carbonyl (C=O) groups excluding carboxylic acids is 1. The summed E-state index contributed by atoms with van der Waals surface area (Å²) in [5.74, 6) is -0.223. The fourth-order valence-electron chi connectivity index (χ4n) is 2.80. The van der Waals surface area contributed by atoms with E-state index in [2.05, 4.69) is 0 Å². The molecule has 3 rings (SSSR count). The third-order valence-electron chi connectivity index (χ3n) is 4.01. The first-order chi connectivity index (χ1) is 11.2. The third kappa shape index (κ3) is 4.52. The summed E-state index contributed by atoms with van der Waals surface area (Å²) in [7, 11) is 0. The van der Waals surface area contributed by atoms with E-state index in [1.807, 2.05) is 42.5 Å². The molecule has 23 heavy (non-hydrogen) atoms. The van der Waals surface area contributed by atoms with Gasteiger partial charge in [-0.3, -0.25) is 0 Å². The maximum Gasteiger partial charge on any atom is 0.338 e. The number of esters is 1. The zero-order chi connectivity index (χ0) is 16.1. The van der Waals surface area contributed by atoms with E-state index >= 15 is 0 Å². The van der Waals surface area contributed by atoms with Crippen LogP contribution in [0.2, 0.25) is 5.02 Å². The third-order valence-corrected chi connectivity index (χ3v) is 5.65. The van der Waals surface area contributed by atoms with E-state index in [4.69, 9.17) is 16.3 Å². The normalized spacial score (nSPS) is 20.9. The number of halogens is 1. The van der Waals surface area contributed by atoms with Gasteiger partial charge in [-0.15, -0.1) is 11.8 Å². The summed E-state index contributed by atoms with van der Waals surface area (Å²) >= 11 is 7.72. The van der Waals surface area contributed by atoms with Crippen molar-refractivity contribution >= 4 is 29.3 Å². The molecule has 0 bridgehead atoms. The molecule has 120 valence electrons. The lowest BCUT2D eigenvalue weighted by atomic mass is 9.97. The Morgan fingerprint density at radius 3 is 2.43 bits per heavy atom. The summed E-state index contributed by atoms with van der Waals surface area (Å²) in [5.41, 5.74) is 0.619. The van der Waals surface area contributed by atoms with Crippen molar-refractivity contribution in [2.45, 2.75) is 41.9 Å². The molecule has 4 heteroatoms. The standard InChI is InChI=1S/C19H19ClO2S/c20-15-10-12-16(13-11-15)23-18-9-5-4-8-17(18)22-19(21)14-6-2-1-3-7-14/h1-3,6-7,10-13,17-18H,4-5,8-9H2/t17-,18-/m1/s1. The van der Waals surface area contributed by atoms with Crippen LogP contribution in [0.3, 0.4) is 0 Å². The van der Waals surface area contributed by atoms with Crippen LogP contribution in [-0.2, 0) is 4.74 Å². The summed E-state index contributed by atoms with van der Waals surface area (Å²) in [6.07, 6.45) is 4.27. The monoisotopic (exact) mass is 346 g/mol. The van der Waals surface area contributed by atoms with Gasteiger partial charge in [0.1, 0.15) is 6.10 Å². The van der Waals surface area contributed by atoms with Crippen LogP contribution in [0, 0.1) is 0 Å². The Morgan fingerprint density at radius 2 is 1.70 bits per heavy atom. The smallest absolute Gasteiger partial charge is 0.338 e. The molecule has 1 aliphatic rings. The van der Waals surface area contributed by atoms with Crippen molar-refractivity contribution in [2.75, 3.05) is 0 Å². The molecule has 1 saturated carbocycles. The lowest BCUT2D eigenvalue weighted by molar-refractivity contribution is 0.0229. The minimum atomic E-state index is -0.223. The first-order valence-corrected chi connectivity index (χ1v) is 9.16. The van der Waals surface area contributed by atoms with Crippen molar-refractivity contribution in [3.63, 3.8) is 0 Å². The number of benzene rings is 2. The van der Waals surface area contributed by atoms with Crippen LogP contribution in [0.15, 0.2) is 59.5 Å². The Labute approximate surface area is 146 Å². The zero-order valence-corrected chi connectivity index (χ0v) is 14.4. The van der Waals surface area contributed by atoms with Crippen molar-refractivity contribution < 1.29 is 9.53 Å². The highest BCUT2D eigenvalue weighted by atomic mass is 35.5. The topological polar surface area (TPSA) is 26.3 Å². The fourth-order valence-corrected chi connectivity index (χ4v) is 4.20. The average Bonchev–Trinajstić information content (AvgIpc) is 2.59. The molecule has 2 nitrogen and oxygen atoms in total. The van der Waals surface area contributed by atoms with Crippen molar-refractivity contribution in [3.8, 4) is 0 Å². The van der Waals surface area contributed by atoms with Gasteiger partial charge in [-0.05, 0) is 55.7 Å². The summed E-state index contributed by atoms with van der Waals surface area (Å²) < 4.78 is 5.80. The highest BCUT2D eigenvalue weighted by molar-refractivity contribution is 8.00. The van der Waals surface area contributed by atoms with E-state index in [0.717, 1.165) is 24.3 Å². The molecule has 1 aliphatic carbocycles. The van der Waals surface area contributed by atoms with E-state index < -0.39 is 0 Å². The van der Waals surface area contributed by atoms with E-state index in [-0.39, 0.29) is 12.1 Å². The molecule has 0 radical (unpaired) electrons. The number of hydrogen-bond acceptors (Lipinski definition) is 3. The molecule has 1 fully saturated rings. The number of ether oxygens (including phenoxy) is 1. The molecule has 2 atom stereocenters. The Morgan fingerprint density at radius 1 is 1.00 bits per heavy atom. The van der Waals surface area contributed by atoms with Crippen LogP contribution in [0.5, 0.6) is 0 Å². The van der Waals surface area contributed by atoms with Gasteiger partial charge in [0.15, 0.2) is 0 Å². The quantitative estimate of drug-likeness (QED) is 0.674. The zero-order valence-electron chi connectivity index (χ0n) is 12.8. The van der Waals surface area contributed by atoms with Crippen LogP contribution in [0.4, 0.5) is 0 Å². The molecule has 0 saturated heterocycles. The van der Waals surface area contributed by atoms with Crippen LogP contribution in [0.1, 0.15) is 36.0 Å². The lowest BCUT2D eigenvalue weighted by Crippen LogP contribution is -2.32.